The molecule has 12 heteroatoms. The van der Waals surface area contributed by atoms with Crippen LogP contribution >= 0.6 is 0 Å². The Morgan fingerprint density at radius 2 is 1.79 bits per heavy atom. The van der Waals surface area contributed by atoms with E-state index >= 15 is 0 Å². The van der Waals surface area contributed by atoms with Gasteiger partial charge in [0.25, 0.3) is 0 Å². The van der Waals surface area contributed by atoms with Gasteiger partial charge in [0, 0.05) is 0 Å². The average Bonchev–Trinajstić information content (AvgIpc) is 3.41. The van der Waals surface area contributed by atoms with E-state index < -0.39 is 82.9 Å². The molecule has 0 amide bonds. The van der Waals surface area contributed by atoms with Crippen molar-refractivity contribution >= 4 is 28.0 Å². The normalized spacial score (nSPS) is 43.6. The summed E-state index contributed by atoms with van der Waals surface area (Å²) in [7, 11) is -4.53. The van der Waals surface area contributed by atoms with Crippen molar-refractivity contribution in [3.8, 4) is 0 Å². The van der Waals surface area contributed by atoms with Gasteiger partial charge in [0.05, 0.1) is 40.1 Å². The summed E-state index contributed by atoms with van der Waals surface area (Å²) in [4.78, 5) is 37.1. The maximum absolute atomic E-state index is 12.9. The molecule has 9 unspecified atom stereocenters. The van der Waals surface area contributed by atoms with Crippen LogP contribution in [0.2, 0.25) is 0 Å². The van der Waals surface area contributed by atoms with Gasteiger partial charge in [0.1, 0.15) is 24.5 Å². The van der Waals surface area contributed by atoms with E-state index in [4.69, 9.17) is 23.7 Å². The van der Waals surface area contributed by atoms with E-state index in [-0.39, 0.29) is 11.9 Å². The van der Waals surface area contributed by atoms with E-state index in [1.165, 1.54) is 0 Å². The summed E-state index contributed by atoms with van der Waals surface area (Å²) < 4.78 is 59.0. The minimum Gasteiger partial charge on any atom is -0.748 e. The van der Waals surface area contributed by atoms with Crippen molar-refractivity contribution in [2.75, 3.05) is 12.4 Å². The first-order valence-corrected chi connectivity index (χ1v) is 10.8. The molecule has 5 aliphatic heterocycles. The maximum atomic E-state index is 12.9. The topological polar surface area (TPSA) is 155 Å². The lowest BCUT2D eigenvalue weighted by atomic mass is 9.82. The molecular formula is C17H17O11S-. The number of esters is 3. The number of fused-ring (bicyclic) bond motifs is 3. The number of hydrogen-bond donors (Lipinski definition) is 0. The van der Waals surface area contributed by atoms with Crippen molar-refractivity contribution in [3.05, 3.63) is 12.2 Å². The molecule has 0 N–H and O–H groups in total. The SMILES string of the molecule is O=C1OC2C(OC(=O)C3C4C=CC(O4)C3C(=O)OCCS(=O)(=O)[O-])C3CC1C2O3. The minimum absolute atomic E-state index is 0.325. The van der Waals surface area contributed by atoms with Gasteiger partial charge in [-0.25, -0.2) is 8.42 Å². The zero-order chi connectivity index (χ0) is 20.5. The Morgan fingerprint density at radius 3 is 2.48 bits per heavy atom. The van der Waals surface area contributed by atoms with Gasteiger partial charge in [-0.05, 0) is 6.42 Å². The molecule has 0 spiro atoms. The molecule has 0 aromatic rings. The number of carbonyl (C=O) groups is 3. The predicted molar refractivity (Wildman–Crippen MR) is 86.8 cm³/mol. The standard InChI is InChI=1S/C17H18O11S/c18-15-6-5-9-13(14(28-15)12(6)26-9)27-17(20)11-8-2-1-7(25-8)10(11)16(19)24-3-4-29(21,22)23/h1-2,6-14H,3-5H2,(H,21,22,23)/p-1. The third kappa shape index (κ3) is 3.05. The Bertz CT molecular complexity index is 895. The van der Waals surface area contributed by atoms with Gasteiger partial charge in [-0.15, -0.1) is 0 Å². The van der Waals surface area contributed by atoms with Crippen LogP contribution in [0.3, 0.4) is 0 Å². The molecule has 0 aromatic carbocycles. The largest absolute Gasteiger partial charge is 0.748 e. The van der Waals surface area contributed by atoms with Crippen molar-refractivity contribution < 1.29 is 51.0 Å². The molecule has 5 heterocycles. The third-order valence-corrected chi connectivity index (χ3v) is 6.72. The second-order valence-electron chi connectivity index (χ2n) is 7.72. The van der Waals surface area contributed by atoms with Crippen LogP contribution < -0.4 is 0 Å². The van der Waals surface area contributed by atoms with Crippen molar-refractivity contribution in [2.24, 2.45) is 17.8 Å². The quantitative estimate of drug-likeness (QED) is 0.205. The minimum atomic E-state index is -4.53. The average molecular weight is 429 g/mol. The van der Waals surface area contributed by atoms with Crippen LogP contribution in [-0.4, -0.2) is 79.9 Å². The molecule has 0 aromatic heterocycles. The number of ether oxygens (including phenoxy) is 5. The Hall–Kier alpha value is -2.02. The van der Waals surface area contributed by atoms with Crippen molar-refractivity contribution in [3.63, 3.8) is 0 Å². The third-order valence-electron chi connectivity index (χ3n) is 6.06. The molecule has 5 rings (SSSR count). The molecule has 0 radical (unpaired) electrons. The van der Waals surface area contributed by atoms with Crippen LogP contribution in [0.5, 0.6) is 0 Å². The highest BCUT2D eigenvalue weighted by Gasteiger charge is 2.66. The zero-order valence-corrected chi connectivity index (χ0v) is 15.7. The Kier molecular flexibility index (Phi) is 4.25. The van der Waals surface area contributed by atoms with Crippen LogP contribution in [0.25, 0.3) is 0 Å². The highest BCUT2D eigenvalue weighted by Crippen LogP contribution is 2.48. The van der Waals surface area contributed by atoms with Gasteiger partial charge < -0.3 is 28.2 Å². The molecule has 5 aliphatic rings. The lowest BCUT2D eigenvalue weighted by Gasteiger charge is -2.27. The highest BCUT2D eigenvalue weighted by molar-refractivity contribution is 7.85. The first kappa shape index (κ1) is 19.0. The van der Waals surface area contributed by atoms with Gasteiger partial charge in [-0.3, -0.25) is 14.4 Å². The molecule has 9 atom stereocenters. The summed E-state index contributed by atoms with van der Waals surface area (Å²) >= 11 is 0. The number of hydrogen-bond acceptors (Lipinski definition) is 11. The summed E-state index contributed by atoms with van der Waals surface area (Å²) in [6.45, 7) is -0.607. The van der Waals surface area contributed by atoms with E-state index in [1.54, 1.807) is 12.2 Å². The molecule has 11 nitrogen and oxygen atoms in total. The summed E-state index contributed by atoms with van der Waals surface area (Å²) in [6, 6.07) is 0. The smallest absolute Gasteiger partial charge is 0.313 e. The van der Waals surface area contributed by atoms with Crippen molar-refractivity contribution in [2.45, 2.75) is 43.0 Å². The van der Waals surface area contributed by atoms with E-state index in [9.17, 15) is 27.4 Å². The van der Waals surface area contributed by atoms with Crippen LogP contribution in [0.15, 0.2) is 12.2 Å². The van der Waals surface area contributed by atoms with Crippen LogP contribution in [0, 0.1) is 17.8 Å². The second-order valence-corrected chi connectivity index (χ2v) is 9.24. The van der Waals surface area contributed by atoms with Crippen LogP contribution in [0.1, 0.15) is 6.42 Å². The fourth-order valence-corrected chi connectivity index (χ4v) is 5.09. The molecule has 4 saturated heterocycles. The van der Waals surface area contributed by atoms with Gasteiger partial charge in [-0.1, -0.05) is 12.2 Å². The molecule has 29 heavy (non-hydrogen) atoms. The monoisotopic (exact) mass is 429 g/mol. The van der Waals surface area contributed by atoms with E-state index in [2.05, 4.69) is 0 Å². The predicted octanol–water partition coefficient (Wildman–Crippen LogP) is -1.73. The Labute approximate surface area is 165 Å². The zero-order valence-electron chi connectivity index (χ0n) is 14.9. The summed E-state index contributed by atoms with van der Waals surface area (Å²) in [5.74, 6) is -5.11. The first-order valence-electron chi connectivity index (χ1n) is 9.23. The number of rotatable bonds is 6. The van der Waals surface area contributed by atoms with Crippen LogP contribution in [-0.2, 0) is 48.2 Å². The Balaban J connectivity index is 1.27. The fourth-order valence-electron chi connectivity index (χ4n) is 4.81. The van der Waals surface area contributed by atoms with E-state index in [1.807, 2.05) is 0 Å². The molecule has 4 bridgehead atoms. The van der Waals surface area contributed by atoms with Gasteiger partial charge in [0.15, 0.2) is 12.2 Å². The van der Waals surface area contributed by atoms with Gasteiger partial charge in [0.2, 0.25) is 0 Å². The maximum Gasteiger partial charge on any atom is 0.313 e. The lowest BCUT2D eigenvalue weighted by Crippen LogP contribution is -2.45. The summed E-state index contributed by atoms with van der Waals surface area (Å²) in [5.41, 5.74) is 0. The number of carbonyl (C=O) groups excluding carboxylic acids is 3. The summed E-state index contributed by atoms with van der Waals surface area (Å²) in [6.07, 6.45) is 0.0220. The Morgan fingerprint density at radius 1 is 1.10 bits per heavy atom. The molecular weight excluding hydrogens is 412 g/mol. The first-order chi connectivity index (χ1) is 13.7. The van der Waals surface area contributed by atoms with Gasteiger partial charge in [-0.2, -0.15) is 0 Å². The molecule has 0 saturated carbocycles. The van der Waals surface area contributed by atoms with Crippen molar-refractivity contribution in [1.82, 2.24) is 0 Å². The van der Waals surface area contributed by atoms with Crippen molar-refractivity contribution in [1.29, 1.82) is 0 Å². The van der Waals surface area contributed by atoms with Crippen LogP contribution in [0.4, 0.5) is 0 Å². The summed E-state index contributed by atoms with van der Waals surface area (Å²) in [5, 5.41) is 0. The van der Waals surface area contributed by atoms with Gasteiger partial charge >= 0.3 is 17.9 Å². The molecule has 4 fully saturated rings. The second kappa shape index (κ2) is 6.49. The van der Waals surface area contributed by atoms with E-state index in [0.29, 0.717) is 6.42 Å². The molecule has 0 aliphatic carbocycles. The highest BCUT2D eigenvalue weighted by atomic mass is 32.2. The lowest BCUT2D eigenvalue weighted by molar-refractivity contribution is -0.169. The molecule has 158 valence electrons. The van der Waals surface area contributed by atoms with E-state index in [0.717, 1.165) is 0 Å². The fraction of sp³-hybridized carbons (Fsp3) is 0.706.